The Morgan fingerprint density at radius 2 is 1.92 bits per heavy atom. The van der Waals surface area contributed by atoms with Gasteiger partial charge in [-0.3, -0.25) is 4.79 Å². The minimum absolute atomic E-state index is 0.334. The lowest BCUT2D eigenvalue weighted by atomic mass is 9.79. The Balaban J connectivity index is 1.45. The summed E-state index contributed by atoms with van der Waals surface area (Å²) in [5, 5.41) is 1.11. The molecule has 4 rings (SSSR count). The molecule has 26 heavy (non-hydrogen) atoms. The topological polar surface area (TPSA) is 48.4 Å². The van der Waals surface area contributed by atoms with Crippen LogP contribution in [-0.2, 0) is 20.5 Å². The van der Waals surface area contributed by atoms with E-state index in [-0.39, 0.29) is 18.3 Å². The first kappa shape index (κ1) is 18.1. The normalized spacial score (nSPS) is 21.5. The summed E-state index contributed by atoms with van der Waals surface area (Å²) in [7, 11) is -0.342. The molecule has 0 spiro atoms. The van der Waals surface area contributed by atoms with Crippen LogP contribution < -0.4 is 5.46 Å². The number of hydrogen-bond acceptors (Lipinski definition) is 5. The summed E-state index contributed by atoms with van der Waals surface area (Å²) in [6, 6.07) is 6.23. The van der Waals surface area contributed by atoms with Crippen molar-refractivity contribution in [2.75, 3.05) is 0 Å². The van der Waals surface area contributed by atoms with E-state index in [1.165, 1.54) is 0 Å². The molecule has 0 radical (unpaired) electrons. The first-order valence-electron chi connectivity index (χ1n) is 9.53. The monoisotopic (exact) mass is 371 g/mol. The summed E-state index contributed by atoms with van der Waals surface area (Å²) < 4.78 is 13.5. The molecule has 1 aromatic heterocycles. The second-order valence-electron chi connectivity index (χ2n) is 8.52. The summed E-state index contributed by atoms with van der Waals surface area (Å²) in [4.78, 5) is 16.5. The van der Waals surface area contributed by atoms with E-state index in [1.54, 1.807) is 11.3 Å². The molecule has 4 nitrogen and oxygen atoms in total. The fraction of sp³-hybridized carbons (Fsp3) is 0.600. The molecule has 1 aliphatic carbocycles. The van der Waals surface area contributed by atoms with Crippen LogP contribution in [0.1, 0.15) is 58.4 Å². The second-order valence-corrected chi connectivity index (χ2v) is 9.63. The maximum absolute atomic E-state index is 11.8. The lowest BCUT2D eigenvalue weighted by Gasteiger charge is -2.32. The summed E-state index contributed by atoms with van der Waals surface area (Å²) in [6.45, 7) is 8.27. The molecule has 2 aromatic rings. The third kappa shape index (κ3) is 3.47. The highest BCUT2D eigenvalue weighted by Crippen LogP contribution is 2.37. The summed E-state index contributed by atoms with van der Waals surface area (Å²) >= 11 is 1.71. The maximum Gasteiger partial charge on any atom is 0.494 e. The molecule has 1 aromatic carbocycles. The van der Waals surface area contributed by atoms with Crippen LogP contribution in [0.3, 0.4) is 0 Å². The molecule has 1 saturated carbocycles. The Kier molecular flexibility index (Phi) is 4.49. The van der Waals surface area contributed by atoms with E-state index in [0.717, 1.165) is 46.4 Å². The van der Waals surface area contributed by atoms with Crippen LogP contribution in [0.25, 0.3) is 10.2 Å². The standard InChI is InChI=1S/C20H26BNO3S/c1-19(2)20(3,4)25-21(24-19)14-10-11-15-17(12-14)26-18(22-15)7-5-6-16(23)13-8-9-13/h10-13H,5-9H2,1-4H3. The molecule has 0 amide bonds. The molecule has 2 fully saturated rings. The van der Waals surface area contributed by atoms with E-state index in [9.17, 15) is 4.79 Å². The van der Waals surface area contributed by atoms with Gasteiger partial charge in [-0.1, -0.05) is 6.07 Å². The fourth-order valence-corrected chi connectivity index (χ4v) is 4.30. The number of carbonyl (C=O) groups excluding carboxylic acids is 1. The van der Waals surface area contributed by atoms with Crippen molar-refractivity contribution in [1.29, 1.82) is 0 Å². The molecule has 1 aliphatic heterocycles. The molecule has 1 saturated heterocycles. The van der Waals surface area contributed by atoms with Crippen molar-refractivity contribution in [3.05, 3.63) is 23.2 Å². The smallest absolute Gasteiger partial charge is 0.399 e. The molecule has 138 valence electrons. The van der Waals surface area contributed by atoms with Crippen molar-refractivity contribution in [1.82, 2.24) is 4.98 Å². The number of benzene rings is 1. The second kappa shape index (κ2) is 6.43. The number of ketones is 1. The Hall–Kier alpha value is -1.24. The average Bonchev–Trinajstić information content (AvgIpc) is 3.28. The van der Waals surface area contributed by atoms with Gasteiger partial charge in [0, 0.05) is 12.3 Å². The molecule has 2 aliphatic rings. The van der Waals surface area contributed by atoms with E-state index in [0.29, 0.717) is 18.1 Å². The van der Waals surface area contributed by atoms with Crippen LogP contribution in [0.4, 0.5) is 0 Å². The molecular weight excluding hydrogens is 345 g/mol. The van der Waals surface area contributed by atoms with E-state index < -0.39 is 0 Å². The van der Waals surface area contributed by atoms with Gasteiger partial charge in [0.25, 0.3) is 0 Å². The van der Waals surface area contributed by atoms with Crippen LogP contribution in [0.5, 0.6) is 0 Å². The number of hydrogen-bond donors (Lipinski definition) is 0. The van der Waals surface area contributed by atoms with Gasteiger partial charge in [0.05, 0.1) is 26.4 Å². The maximum atomic E-state index is 11.8. The summed E-state index contributed by atoms with van der Waals surface area (Å²) in [6.07, 6.45) is 4.67. The molecule has 0 unspecified atom stereocenters. The average molecular weight is 371 g/mol. The highest BCUT2D eigenvalue weighted by atomic mass is 32.1. The fourth-order valence-electron chi connectivity index (χ4n) is 3.24. The van der Waals surface area contributed by atoms with Gasteiger partial charge >= 0.3 is 7.12 Å². The number of carbonyl (C=O) groups is 1. The zero-order chi connectivity index (χ0) is 18.5. The number of aryl methyl sites for hydroxylation is 1. The number of fused-ring (bicyclic) bond motifs is 1. The number of thiazole rings is 1. The summed E-state index contributed by atoms with van der Waals surface area (Å²) in [5.74, 6) is 0.807. The number of Topliss-reactive ketones (excluding diaryl/α,β-unsaturated/α-hetero) is 1. The van der Waals surface area contributed by atoms with E-state index in [1.807, 2.05) is 12.1 Å². The Labute approximate surface area is 159 Å². The zero-order valence-electron chi connectivity index (χ0n) is 16.0. The highest BCUT2D eigenvalue weighted by Gasteiger charge is 2.51. The summed E-state index contributed by atoms with van der Waals surface area (Å²) in [5.41, 5.74) is 1.38. The molecule has 0 N–H and O–H groups in total. The minimum Gasteiger partial charge on any atom is -0.399 e. The van der Waals surface area contributed by atoms with Crippen molar-refractivity contribution in [3.8, 4) is 0 Å². The quantitative estimate of drug-likeness (QED) is 0.723. The largest absolute Gasteiger partial charge is 0.494 e. The van der Waals surface area contributed by atoms with Crippen molar-refractivity contribution in [3.63, 3.8) is 0 Å². The van der Waals surface area contributed by atoms with Crippen LogP contribution in [0.2, 0.25) is 0 Å². The SMILES string of the molecule is CC1(C)OB(c2ccc3nc(CCCC(=O)C4CC4)sc3c2)OC1(C)C. The van der Waals surface area contributed by atoms with E-state index >= 15 is 0 Å². The predicted octanol–water partition coefficient (Wildman–Crippen LogP) is 3.90. The van der Waals surface area contributed by atoms with Gasteiger partial charge in [0.2, 0.25) is 0 Å². The van der Waals surface area contributed by atoms with Gasteiger partial charge in [0.1, 0.15) is 5.78 Å². The van der Waals surface area contributed by atoms with Crippen molar-refractivity contribution < 1.29 is 14.1 Å². The van der Waals surface area contributed by atoms with Crippen LogP contribution >= 0.6 is 11.3 Å². The first-order chi connectivity index (χ1) is 12.2. The first-order valence-corrected chi connectivity index (χ1v) is 10.3. The van der Waals surface area contributed by atoms with Gasteiger partial charge in [-0.15, -0.1) is 11.3 Å². The van der Waals surface area contributed by atoms with E-state index in [2.05, 4.69) is 33.8 Å². The third-order valence-electron chi connectivity index (χ3n) is 5.83. The lowest BCUT2D eigenvalue weighted by molar-refractivity contribution is -0.120. The highest BCUT2D eigenvalue weighted by molar-refractivity contribution is 7.18. The van der Waals surface area contributed by atoms with Crippen molar-refractivity contribution >= 4 is 39.9 Å². The molecule has 0 atom stereocenters. The van der Waals surface area contributed by atoms with Gasteiger partial charge in [-0.25, -0.2) is 4.98 Å². The van der Waals surface area contributed by atoms with E-state index in [4.69, 9.17) is 14.3 Å². The van der Waals surface area contributed by atoms with Gasteiger partial charge in [-0.05, 0) is 71.0 Å². The Morgan fingerprint density at radius 3 is 2.58 bits per heavy atom. The molecule has 6 heteroatoms. The Morgan fingerprint density at radius 1 is 1.23 bits per heavy atom. The van der Waals surface area contributed by atoms with Crippen molar-refractivity contribution in [2.45, 2.75) is 71.0 Å². The van der Waals surface area contributed by atoms with Crippen LogP contribution in [-0.4, -0.2) is 29.1 Å². The lowest BCUT2D eigenvalue weighted by Crippen LogP contribution is -2.41. The zero-order valence-corrected chi connectivity index (χ0v) is 16.8. The number of nitrogens with zero attached hydrogens (tertiary/aromatic N) is 1. The van der Waals surface area contributed by atoms with Crippen LogP contribution in [0, 0.1) is 5.92 Å². The van der Waals surface area contributed by atoms with Gasteiger partial charge in [0.15, 0.2) is 0 Å². The van der Waals surface area contributed by atoms with Crippen LogP contribution in [0.15, 0.2) is 18.2 Å². The van der Waals surface area contributed by atoms with Gasteiger partial charge < -0.3 is 9.31 Å². The Bertz CT molecular complexity index is 825. The van der Waals surface area contributed by atoms with Gasteiger partial charge in [-0.2, -0.15) is 0 Å². The molecular formula is C20H26BNO3S. The number of aromatic nitrogens is 1. The predicted molar refractivity (Wildman–Crippen MR) is 106 cm³/mol. The number of rotatable bonds is 6. The molecule has 0 bridgehead atoms. The minimum atomic E-state index is -0.342. The van der Waals surface area contributed by atoms with Crippen molar-refractivity contribution in [2.24, 2.45) is 5.92 Å². The third-order valence-corrected chi connectivity index (χ3v) is 6.91. The molecule has 2 heterocycles.